The molecule has 0 spiro atoms. The number of nitrogens with one attached hydrogen (secondary N) is 3. The van der Waals surface area contributed by atoms with E-state index in [4.69, 9.17) is 4.74 Å². The summed E-state index contributed by atoms with van der Waals surface area (Å²) in [6, 6.07) is 16.1. The van der Waals surface area contributed by atoms with Crippen LogP contribution in [0, 0.1) is 0 Å². The summed E-state index contributed by atoms with van der Waals surface area (Å²) in [7, 11) is 0. The average Bonchev–Trinajstić information content (AvgIpc) is 3.49. The Kier molecular flexibility index (Phi) is 7.70. The maximum Gasteiger partial charge on any atom is 0.257 e. The first-order valence-corrected chi connectivity index (χ1v) is 12.0. The van der Waals surface area contributed by atoms with Gasteiger partial charge in [-0.05, 0) is 37.1 Å². The van der Waals surface area contributed by atoms with Crippen LogP contribution in [0.25, 0.3) is 0 Å². The third-order valence-corrected chi connectivity index (χ3v) is 6.73. The molecule has 0 radical (unpaired) electrons. The largest absolute Gasteiger partial charge is 0.376 e. The van der Waals surface area contributed by atoms with Crippen molar-refractivity contribution < 1.29 is 14.3 Å². The second kappa shape index (κ2) is 11.1. The van der Waals surface area contributed by atoms with Crippen molar-refractivity contribution in [3.63, 3.8) is 0 Å². The molecule has 1 fully saturated rings. The molecule has 1 aliphatic rings. The number of carbonyl (C=O) groups is 2. The quantitative estimate of drug-likeness (QED) is 0.405. The molecule has 2 amide bonds. The van der Waals surface area contributed by atoms with Crippen LogP contribution >= 0.6 is 23.1 Å². The highest BCUT2D eigenvalue weighted by Gasteiger charge is 2.17. The van der Waals surface area contributed by atoms with E-state index in [2.05, 4.69) is 26.1 Å². The Hall–Kier alpha value is -2.95. The molecule has 1 atom stereocenters. The number of ether oxygens (including phenoxy) is 1. The molecular weight excluding hydrogens is 446 g/mol. The Morgan fingerprint density at radius 2 is 1.88 bits per heavy atom. The second-order valence-corrected chi connectivity index (χ2v) is 9.29. The normalized spacial score (nSPS) is 15.3. The lowest BCUT2D eigenvalue weighted by Gasteiger charge is -2.11. The summed E-state index contributed by atoms with van der Waals surface area (Å²) in [5.41, 5.74) is 1.54. The summed E-state index contributed by atoms with van der Waals surface area (Å²) in [4.78, 5) is 25.1. The van der Waals surface area contributed by atoms with E-state index in [0.29, 0.717) is 33.0 Å². The minimum atomic E-state index is -0.286. The minimum Gasteiger partial charge on any atom is -0.376 e. The highest BCUT2D eigenvalue weighted by Crippen LogP contribution is 2.26. The number of rotatable bonds is 9. The van der Waals surface area contributed by atoms with Gasteiger partial charge in [0.2, 0.25) is 11.0 Å². The summed E-state index contributed by atoms with van der Waals surface area (Å²) in [6.45, 7) is 1.53. The van der Waals surface area contributed by atoms with Crippen LogP contribution < -0.4 is 16.0 Å². The van der Waals surface area contributed by atoms with E-state index < -0.39 is 0 Å². The molecule has 1 unspecified atom stereocenters. The standard InChI is InChI=1S/C22H23N5O3S2/c28-19(14-31-22-27-26-21(32-22)23-13-16-9-6-12-30-16)25-18-11-5-4-10-17(18)20(29)24-15-7-2-1-3-8-15/h1-5,7-8,10-11,16H,6,9,12-14H2,(H,23,26)(H,24,29)(H,25,28). The Labute approximate surface area is 194 Å². The molecule has 1 aliphatic heterocycles. The van der Waals surface area contributed by atoms with Gasteiger partial charge in [0.15, 0.2) is 4.34 Å². The number of hydrogen-bond acceptors (Lipinski definition) is 8. The van der Waals surface area contributed by atoms with Crippen molar-refractivity contribution >= 4 is 51.4 Å². The molecule has 1 aromatic heterocycles. The zero-order valence-corrected chi connectivity index (χ0v) is 18.9. The predicted octanol–water partition coefficient (Wildman–Crippen LogP) is 4.11. The molecule has 0 bridgehead atoms. The van der Waals surface area contributed by atoms with Gasteiger partial charge in [-0.1, -0.05) is 53.4 Å². The Bertz CT molecular complexity index is 1050. The lowest BCUT2D eigenvalue weighted by molar-refractivity contribution is -0.113. The first kappa shape index (κ1) is 22.3. The summed E-state index contributed by atoms with van der Waals surface area (Å²) in [5, 5.41) is 17.8. The molecule has 0 saturated carbocycles. The Morgan fingerprint density at radius 1 is 1.06 bits per heavy atom. The first-order chi connectivity index (χ1) is 15.7. The van der Waals surface area contributed by atoms with Gasteiger partial charge in [0, 0.05) is 18.8 Å². The highest BCUT2D eigenvalue weighted by molar-refractivity contribution is 8.01. The molecule has 1 saturated heterocycles. The molecular formula is C22H23N5O3S2. The number of thioether (sulfide) groups is 1. The van der Waals surface area contributed by atoms with Gasteiger partial charge in [0.05, 0.1) is 23.1 Å². The zero-order valence-electron chi connectivity index (χ0n) is 17.2. The van der Waals surface area contributed by atoms with Gasteiger partial charge in [-0.2, -0.15) is 0 Å². The van der Waals surface area contributed by atoms with Crippen LogP contribution in [0.3, 0.4) is 0 Å². The van der Waals surface area contributed by atoms with Crippen molar-refractivity contribution in [2.24, 2.45) is 0 Å². The fourth-order valence-electron chi connectivity index (χ4n) is 3.17. The van der Waals surface area contributed by atoms with Crippen molar-refractivity contribution in [3.8, 4) is 0 Å². The summed E-state index contributed by atoms with van der Waals surface area (Å²) < 4.78 is 6.28. The fourth-order valence-corrected chi connectivity index (χ4v) is 4.73. The van der Waals surface area contributed by atoms with Crippen LogP contribution in [0.1, 0.15) is 23.2 Å². The maximum atomic E-state index is 12.7. The third kappa shape index (κ3) is 6.28. The second-order valence-electron chi connectivity index (χ2n) is 7.09. The average molecular weight is 470 g/mol. The number of anilines is 3. The molecule has 166 valence electrons. The van der Waals surface area contributed by atoms with Gasteiger partial charge in [-0.3, -0.25) is 9.59 Å². The lowest BCUT2D eigenvalue weighted by atomic mass is 10.1. The smallest absolute Gasteiger partial charge is 0.257 e. The molecule has 4 rings (SSSR count). The lowest BCUT2D eigenvalue weighted by Crippen LogP contribution is -2.19. The molecule has 2 aromatic carbocycles. The van der Waals surface area contributed by atoms with Gasteiger partial charge < -0.3 is 20.7 Å². The van der Waals surface area contributed by atoms with Crippen molar-refractivity contribution in [2.75, 3.05) is 34.9 Å². The first-order valence-electron chi connectivity index (χ1n) is 10.2. The van der Waals surface area contributed by atoms with E-state index in [9.17, 15) is 9.59 Å². The number of para-hydroxylation sites is 2. The molecule has 3 aromatic rings. The van der Waals surface area contributed by atoms with Crippen LogP contribution in [-0.2, 0) is 9.53 Å². The van der Waals surface area contributed by atoms with E-state index in [1.165, 1.54) is 23.1 Å². The van der Waals surface area contributed by atoms with Crippen LogP contribution in [-0.4, -0.2) is 47.0 Å². The van der Waals surface area contributed by atoms with Gasteiger partial charge in [0.25, 0.3) is 5.91 Å². The van der Waals surface area contributed by atoms with Crippen LogP contribution in [0.15, 0.2) is 58.9 Å². The number of benzene rings is 2. The number of hydrogen-bond donors (Lipinski definition) is 3. The SMILES string of the molecule is O=C(CSc1nnc(NCC2CCCO2)s1)Nc1ccccc1C(=O)Nc1ccccc1. The molecule has 2 heterocycles. The molecule has 3 N–H and O–H groups in total. The van der Waals surface area contributed by atoms with Crippen molar-refractivity contribution in [1.82, 2.24) is 10.2 Å². The van der Waals surface area contributed by atoms with Gasteiger partial charge in [-0.25, -0.2) is 0 Å². The maximum absolute atomic E-state index is 12.7. The zero-order chi connectivity index (χ0) is 22.2. The summed E-state index contributed by atoms with van der Waals surface area (Å²) in [5.74, 6) is -0.348. The summed E-state index contributed by atoms with van der Waals surface area (Å²) >= 11 is 2.71. The monoisotopic (exact) mass is 469 g/mol. The fraction of sp³-hybridized carbons (Fsp3) is 0.273. The molecule has 0 aliphatic carbocycles. The van der Waals surface area contributed by atoms with Gasteiger partial charge >= 0.3 is 0 Å². The van der Waals surface area contributed by atoms with Crippen molar-refractivity contribution in [2.45, 2.75) is 23.3 Å². The Morgan fingerprint density at radius 3 is 2.69 bits per heavy atom. The van der Waals surface area contributed by atoms with Gasteiger partial charge in [0.1, 0.15) is 0 Å². The molecule has 10 heteroatoms. The van der Waals surface area contributed by atoms with Crippen LogP contribution in [0.4, 0.5) is 16.5 Å². The van der Waals surface area contributed by atoms with Crippen molar-refractivity contribution in [1.29, 1.82) is 0 Å². The third-order valence-electron chi connectivity index (χ3n) is 4.72. The topological polar surface area (TPSA) is 105 Å². The van der Waals surface area contributed by atoms with E-state index in [0.717, 1.165) is 19.4 Å². The highest BCUT2D eigenvalue weighted by atomic mass is 32.2. The van der Waals surface area contributed by atoms with E-state index in [1.54, 1.807) is 24.3 Å². The number of amides is 2. The van der Waals surface area contributed by atoms with Crippen LogP contribution in [0.2, 0.25) is 0 Å². The molecule has 32 heavy (non-hydrogen) atoms. The van der Waals surface area contributed by atoms with E-state index >= 15 is 0 Å². The van der Waals surface area contributed by atoms with E-state index in [-0.39, 0.29) is 23.7 Å². The van der Waals surface area contributed by atoms with Crippen molar-refractivity contribution in [3.05, 3.63) is 60.2 Å². The molecule has 8 nitrogen and oxygen atoms in total. The number of aromatic nitrogens is 2. The Balaban J connectivity index is 1.28. The number of nitrogens with zero attached hydrogens (tertiary/aromatic N) is 2. The van der Waals surface area contributed by atoms with Gasteiger partial charge in [-0.15, -0.1) is 10.2 Å². The van der Waals surface area contributed by atoms with Crippen LogP contribution in [0.5, 0.6) is 0 Å². The minimum absolute atomic E-state index is 0.162. The number of carbonyl (C=O) groups excluding carboxylic acids is 2. The summed E-state index contributed by atoms with van der Waals surface area (Å²) in [6.07, 6.45) is 2.37. The van der Waals surface area contributed by atoms with E-state index in [1.807, 2.05) is 30.3 Å². The predicted molar refractivity (Wildman–Crippen MR) is 128 cm³/mol.